The molecule has 0 N–H and O–H groups in total. The fraction of sp³-hybridized carbons (Fsp3) is 0.385. The van der Waals surface area contributed by atoms with Crippen LogP contribution < -0.4 is 0 Å². The molecule has 1 saturated heterocycles. The first-order chi connectivity index (χ1) is 6.90. The molecule has 14 heavy (non-hydrogen) atoms. The Morgan fingerprint density at radius 1 is 1.36 bits per heavy atom. The van der Waals surface area contributed by atoms with Gasteiger partial charge in [-0.3, -0.25) is 0 Å². The summed E-state index contributed by atoms with van der Waals surface area (Å²) >= 11 is 0. The van der Waals surface area contributed by atoms with Gasteiger partial charge in [0.15, 0.2) is 0 Å². The molecular weight excluding hydrogens is 170 g/mol. The van der Waals surface area contributed by atoms with Gasteiger partial charge in [0, 0.05) is 12.6 Å². The maximum Gasteiger partial charge on any atom is 0.0325 e. The molecule has 74 valence electrons. The molecule has 0 aliphatic carbocycles. The normalized spacial score (nSPS) is 21.1. The highest BCUT2D eigenvalue weighted by Gasteiger charge is 2.20. The van der Waals surface area contributed by atoms with E-state index >= 15 is 0 Å². The third-order valence-electron chi connectivity index (χ3n) is 2.97. The van der Waals surface area contributed by atoms with Crippen molar-refractivity contribution >= 4 is 0 Å². The Morgan fingerprint density at radius 3 is 2.86 bits per heavy atom. The summed E-state index contributed by atoms with van der Waals surface area (Å²) in [5.41, 5.74) is 1.44. The van der Waals surface area contributed by atoms with E-state index < -0.39 is 0 Å². The van der Waals surface area contributed by atoms with Gasteiger partial charge in [0.05, 0.1) is 0 Å². The summed E-state index contributed by atoms with van der Waals surface area (Å²) in [7, 11) is 0. The third kappa shape index (κ3) is 1.98. The van der Waals surface area contributed by atoms with E-state index in [1.165, 1.54) is 24.9 Å². The van der Waals surface area contributed by atoms with Crippen molar-refractivity contribution in [2.24, 2.45) is 0 Å². The van der Waals surface area contributed by atoms with Crippen molar-refractivity contribution in [1.29, 1.82) is 0 Å². The quantitative estimate of drug-likeness (QED) is 0.703. The number of benzene rings is 1. The van der Waals surface area contributed by atoms with Crippen LogP contribution in [0.15, 0.2) is 43.1 Å². The summed E-state index contributed by atoms with van der Waals surface area (Å²) in [5, 5.41) is 0. The second-order valence-electron chi connectivity index (χ2n) is 3.91. The van der Waals surface area contributed by atoms with Gasteiger partial charge in [-0.05, 0) is 31.0 Å². The van der Waals surface area contributed by atoms with Gasteiger partial charge >= 0.3 is 0 Å². The van der Waals surface area contributed by atoms with Gasteiger partial charge in [0.1, 0.15) is 0 Å². The number of hydrogen-bond donors (Lipinski definition) is 0. The van der Waals surface area contributed by atoms with Crippen molar-refractivity contribution in [3.05, 3.63) is 48.7 Å². The molecule has 0 spiro atoms. The van der Waals surface area contributed by atoms with E-state index in [1.54, 1.807) is 0 Å². The highest BCUT2D eigenvalue weighted by Crippen LogP contribution is 2.20. The number of nitrogens with zero attached hydrogens (tertiary/aromatic N) is 1. The highest BCUT2D eigenvalue weighted by molar-refractivity contribution is 5.16. The van der Waals surface area contributed by atoms with E-state index in [2.05, 4.69) is 41.8 Å². The standard InChI is InChI=1S/C13H17N/c1-2-14-10-6-9-13(14)11-12-7-4-3-5-8-12/h2-5,7-8,13H,1,6,9-11H2. The molecule has 1 aromatic carbocycles. The minimum atomic E-state index is 0.676. The molecule has 0 aromatic heterocycles. The summed E-state index contributed by atoms with van der Waals surface area (Å²) in [5.74, 6) is 0. The van der Waals surface area contributed by atoms with Crippen LogP contribution in [0, 0.1) is 0 Å². The Hall–Kier alpha value is -1.24. The van der Waals surface area contributed by atoms with Crippen LogP contribution in [0.25, 0.3) is 0 Å². The van der Waals surface area contributed by atoms with Crippen molar-refractivity contribution in [3.8, 4) is 0 Å². The lowest BCUT2D eigenvalue weighted by Gasteiger charge is -2.22. The van der Waals surface area contributed by atoms with Crippen LogP contribution >= 0.6 is 0 Å². The van der Waals surface area contributed by atoms with E-state index in [9.17, 15) is 0 Å². The minimum absolute atomic E-state index is 0.676. The van der Waals surface area contributed by atoms with Crippen LogP contribution in [0.5, 0.6) is 0 Å². The molecule has 0 amide bonds. The van der Waals surface area contributed by atoms with E-state index in [1.807, 2.05) is 6.20 Å². The smallest absolute Gasteiger partial charge is 0.0325 e. The maximum atomic E-state index is 3.86. The van der Waals surface area contributed by atoms with E-state index in [-0.39, 0.29) is 0 Å². The molecule has 0 radical (unpaired) electrons. The molecule has 0 bridgehead atoms. The van der Waals surface area contributed by atoms with Crippen molar-refractivity contribution in [2.75, 3.05) is 6.54 Å². The molecule has 1 aromatic rings. The molecule has 1 unspecified atom stereocenters. The zero-order valence-electron chi connectivity index (χ0n) is 8.52. The Labute approximate surface area is 86.1 Å². The van der Waals surface area contributed by atoms with Crippen LogP contribution in [-0.4, -0.2) is 17.5 Å². The van der Waals surface area contributed by atoms with E-state index in [0.717, 1.165) is 6.42 Å². The number of rotatable bonds is 3. The van der Waals surface area contributed by atoms with Crippen molar-refractivity contribution in [3.63, 3.8) is 0 Å². The minimum Gasteiger partial charge on any atom is -0.375 e. The molecule has 1 atom stereocenters. The Balaban J connectivity index is 2.00. The zero-order valence-corrected chi connectivity index (χ0v) is 8.52. The molecule has 1 heteroatoms. The van der Waals surface area contributed by atoms with Crippen LogP contribution in [0.2, 0.25) is 0 Å². The first-order valence-electron chi connectivity index (χ1n) is 5.32. The molecule has 1 fully saturated rings. The van der Waals surface area contributed by atoms with Crippen LogP contribution in [0.4, 0.5) is 0 Å². The van der Waals surface area contributed by atoms with Crippen LogP contribution in [-0.2, 0) is 6.42 Å². The average Bonchev–Trinajstić information content (AvgIpc) is 2.67. The molecule has 2 rings (SSSR count). The van der Waals surface area contributed by atoms with Gasteiger partial charge in [-0.2, -0.15) is 0 Å². The summed E-state index contributed by atoms with van der Waals surface area (Å²) in [6.07, 6.45) is 5.76. The second-order valence-corrected chi connectivity index (χ2v) is 3.91. The second kappa shape index (κ2) is 4.32. The lowest BCUT2D eigenvalue weighted by Crippen LogP contribution is -2.25. The molecular formula is C13H17N. The first kappa shape index (κ1) is 9.32. The SMILES string of the molecule is C=CN1CCCC1Cc1ccccc1. The first-order valence-corrected chi connectivity index (χ1v) is 5.32. The predicted octanol–water partition coefficient (Wildman–Crippen LogP) is 2.84. The van der Waals surface area contributed by atoms with E-state index in [0.29, 0.717) is 6.04 Å². The molecule has 1 aliphatic rings. The van der Waals surface area contributed by atoms with Gasteiger partial charge in [0.25, 0.3) is 0 Å². The third-order valence-corrected chi connectivity index (χ3v) is 2.97. The topological polar surface area (TPSA) is 3.24 Å². The fourth-order valence-electron chi connectivity index (χ4n) is 2.20. The van der Waals surface area contributed by atoms with Crippen LogP contribution in [0.3, 0.4) is 0 Å². The number of likely N-dealkylation sites (tertiary alicyclic amines) is 1. The average molecular weight is 187 g/mol. The Kier molecular flexibility index (Phi) is 2.87. The van der Waals surface area contributed by atoms with Gasteiger partial charge in [-0.1, -0.05) is 36.9 Å². The maximum absolute atomic E-state index is 3.86. The Morgan fingerprint density at radius 2 is 2.14 bits per heavy atom. The fourth-order valence-corrected chi connectivity index (χ4v) is 2.20. The van der Waals surface area contributed by atoms with Gasteiger partial charge < -0.3 is 4.90 Å². The van der Waals surface area contributed by atoms with E-state index in [4.69, 9.17) is 0 Å². The molecule has 1 heterocycles. The predicted molar refractivity (Wildman–Crippen MR) is 60.1 cm³/mol. The van der Waals surface area contributed by atoms with Crippen molar-refractivity contribution < 1.29 is 0 Å². The number of hydrogen-bond acceptors (Lipinski definition) is 1. The molecule has 0 saturated carbocycles. The largest absolute Gasteiger partial charge is 0.375 e. The van der Waals surface area contributed by atoms with Crippen molar-refractivity contribution in [1.82, 2.24) is 4.90 Å². The molecule has 1 nitrogen and oxygen atoms in total. The van der Waals surface area contributed by atoms with Gasteiger partial charge in [-0.15, -0.1) is 0 Å². The summed E-state index contributed by atoms with van der Waals surface area (Å²) in [4.78, 5) is 2.37. The summed E-state index contributed by atoms with van der Waals surface area (Å²) < 4.78 is 0. The lowest BCUT2D eigenvalue weighted by atomic mass is 10.0. The summed E-state index contributed by atoms with van der Waals surface area (Å²) in [6, 6.07) is 11.4. The summed E-state index contributed by atoms with van der Waals surface area (Å²) in [6.45, 7) is 5.04. The highest BCUT2D eigenvalue weighted by atomic mass is 15.2. The Bertz CT molecular complexity index is 291. The lowest BCUT2D eigenvalue weighted by molar-refractivity contribution is 0.348. The van der Waals surface area contributed by atoms with Gasteiger partial charge in [-0.25, -0.2) is 0 Å². The monoisotopic (exact) mass is 187 g/mol. The van der Waals surface area contributed by atoms with Gasteiger partial charge in [0.2, 0.25) is 0 Å². The zero-order chi connectivity index (χ0) is 9.80. The van der Waals surface area contributed by atoms with Crippen LogP contribution in [0.1, 0.15) is 18.4 Å². The van der Waals surface area contributed by atoms with Crippen molar-refractivity contribution in [2.45, 2.75) is 25.3 Å². The molecule has 1 aliphatic heterocycles.